The Balaban J connectivity index is 1.69. The quantitative estimate of drug-likeness (QED) is 0.601. The number of hydrogen-bond acceptors (Lipinski definition) is 4. The number of nitrogens with one attached hydrogen (secondary N) is 1. The van der Waals surface area contributed by atoms with Crippen molar-refractivity contribution in [3.8, 4) is 0 Å². The van der Waals surface area contributed by atoms with Gasteiger partial charge in [0.2, 0.25) is 0 Å². The van der Waals surface area contributed by atoms with Crippen LogP contribution in [0.5, 0.6) is 0 Å². The number of aromatic nitrogens is 4. The fourth-order valence-corrected chi connectivity index (χ4v) is 2.81. The van der Waals surface area contributed by atoms with Gasteiger partial charge in [-0.1, -0.05) is 29.8 Å². The number of nitrogens with zero attached hydrogens (tertiary/aromatic N) is 4. The van der Waals surface area contributed by atoms with Gasteiger partial charge in [-0.15, -0.1) is 5.10 Å². The molecule has 0 spiro atoms. The maximum Gasteiger partial charge on any atom is 0.254 e. The standard InChI is InChI=1S/C20H18FN5/c1-13-6-8-17(9-7-13)23-19-10-14(2)22-20-24-18(25-26(19)20)12-15-4-3-5-16(21)11-15/h3-11,23H,12H2,1-2H3. The van der Waals surface area contributed by atoms with E-state index in [0.717, 1.165) is 22.8 Å². The van der Waals surface area contributed by atoms with Crippen molar-refractivity contribution in [1.29, 1.82) is 0 Å². The van der Waals surface area contributed by atoms with Crippen LogP contribution < -0.4 is 5.32 Å². The Bertz CT molecular complexity index is 1070. The Labute approximate surface area is 150 Å². The van der Waals surface area contributed by atoms with Crippen LogP contribution in [0.2, 0.25) is 0 Å². The molecule has 0 aliphatic carbocycles. The maximum absolute atomic E-state index is 13.4. The van der Waals surface area contributed by atoms with E-state index in [2.05, 4.69) is 27.3 Å². The molecule has 4 rings (SSSR count). The molecule has 1 N–H and O–H groups in total. The second kappa shape index (κ2) is 6.55. The van der Waals surface area contributed by atoms with E-state index in [4.69, 9.17) is 0 Å². The van der Waals surface area contributed by atoms with Gasteiger partial charge in [0.25, 0.3) is 5.78 Å². The first-order chi connectivity index (χ1) is 12.6. The van der Waals surface area contributed by atoms with E-state index >= 15 is 0 Å². The van der Waals surface area contributed by atoms with Crippen molar-refractivity contribution >= 4 is 17.3 Å². The molecule has 2 aromatic heterocycles. The van der Waals surface area contributed by atoms with E-state index in [9.17, 15) is 4.39 Å². The maximum atomic E-state index is 13.4. The molecule has 0 amide bonds. The van der Waals surface area contributed by atoms with Crippen LogP contribution >= 0.6 is 0 Å². The molecule has 5 nitrogen and oxygen atoms in total. The van der Waals surface area contributed by atoms with Gasteiger partial charge in [0.1, 0.15) is 11.6 Å². The first-order valence-electron chi connectivity index (χ1n) is 8.38. The lowest BCUT2D eigenvalue weighted by Gasteiger charge is -2.08. The van der Waals surface area contributed by atoms with E-state index in [1.54, 1.807) is 10.6 Å². The van der Waals surface area contributed by atoms with Crippen LogP contribution in [0.1, 0.15) is 22.6 Å². The summed E-state index contributed by atoms with van der Waals surface area (Å²) in [4.78, 5) is 8.94. The third kappa shape index (κ3) is 3.39. The van der Waals surface area contributed by atoms with Crippen molar-refractivity contribution in [2.24, 2.45) is 0 Å². The second-order valence-corrected chi connectivity index (χ2v) is 6.32. The molecule has 26 heavy (non-hydrogen) atoms. The average Bonchev–Trinajstić information content (AvgIpc) is 2.99. The number of halogens is 1. The van der Waals surface area contributed by atoms with Gasteiger partial charge in [-0.2, -0.15) is 9.50 Å². The highest BCUT2D eigenvalue weighted by atomic mass is 19.1. The molecule has 4 aromatic rings. The van der Waals surface area contributed by atoms with Crippen molar-refractivity contribution in [2.75, 3.05) is 5.32 Å². The van der Waals surface area contributed by atoms with Crippen molar-refractivity contribution in [1.82, 2.24) is 19.6 Å². The number of aryl methyl sites for hydroxylation is 2. The number of rotatable bonds is 4. The number of hydrogen-bond donors (Lipinski definition) is 1. The largest absolute Gasteiger partial charge is 0.340 e. The van der Waals surface area contributed by atoms with Gasteiger partial charge in [0, 0.05) is 23.9 Å². The normalized spacial score (nSPS) is 11.0. The predicted molar refractivity (Wildman–Crippen MR) is 99.2 cm³/mol. The van der Waals surface area contributed by atoms with E-state index < -0.39 is 0 Å². The molecular formula is C20H18FN5. The molecule has 2 aromatic carbocycles. The lowest BCUT2D eigenvalue weighted by Crippen LogP contribution is -2.03. The van der Waals surface area contributed by atoms with Gasteiger partial charge >= 0.3 is 0 Å². The molecule has 0 fully saturated rings. The summed E-state index contributed by atoms with van der Waals surface area (Å²) < 4.78 is 15.1. The summed E-state index contributed by atoms with van der Waals surface area (Å²) in [6, 6.07) is 16.5. The first-order valence-corrected chi connectivity index (χ1v) is 8.38. The Morgan fingerprint density at radius 3 is 2.58 bits per heavy atom. The van der Waals surface area contributed by atoms with Crippen LogP contribution in [0.3, 0.4) is 0 Å². The Hall–Kier alpha value is -3.28. The van der Waals surface area contributed by atoms with Gasteiger partial charge < -0.3 is 5.32 Å². The third-order valence-corrected chi connectivity index (χ3v) is 4.06. The van der Waals surface area contributed by atoms with Gasteiger partial charge in [0.15, 0.2) is 5.82 Å². The topological polar surface area (TPSA) is 55.1 Å². The fourth-order valence-electron chi connectivity index (χ4n) is 2.81. The molecule has 0 saturated heterocycles. The Kier molecular flexibility index (Phi) is 4.08. The zero-order valence-corrected chi connectivity index (χ0v) is 14.6. The van der Waals surface area contributed by atoms with Crippen molar-refractivity contribution in [2.45, 2.75) is 20.3 Å². The van der Waals surface area contributed by atoms with Crippen LogP contribution in [0.4, 0.5) is 15.9 Å². The van der Waals surface area contributed by atoms with Gasteiger partial charge in [-0.25, -0.2) is 9.37 Å². The third-order valence-electron chi connectivity index (χ3n) is 4.06. The molecule has 0 atom stereocenters. The highest BCUT2D eigenvalue weighted by Gasteiger charge is 2.11. The molecule has 2 heterocycles. The summed E-state index contributed by atoms with van der Waals surface area (Å²) >= 11 is 0. The van der Waals surface area contributed by atoms with Crippen LogP contribution in [0, 0.1) is 19.7 Å². The molecule has 0 aliphatic rings. The minimum atomic E-state index is -0.262. The zero-order chi connectivity index (χ0) is 18.1. The van der Waals surface area contributed by atoms with Crippen LogP contribution in [-0.2, 0) is 6.42 Å². The van der Waals surface area contributed by atoms with E-state index in [-0.39, 0.29) is 5.82 Å². The molecule has 0 bridgehead atoms. The molecule has 0 saturated carbocycles. The van der Waals surface area contributed by atoms with Crippen molar-refractivity contribution in [3.05, 3.63) is 83.1 Å². The van der Waals surface area contributed by atoms with E-state index in [1.807, 2.05) is 43.3 Å². The molecule has 130 valence electrons. The average molecular weight is 347 g/mol. The van der Waals surface area contributed by atoms with Gasteiger partial charge in [-0.3, -0.25) is 0 Å². The fraction of sp³-hybridized carbons (Fsp3) is 0.150. The van der Waals surface area contributed by atoms with Gasteiger partial charge in [0.05, 0.1) is 0 Å². The summed E-state index contributed by atoms with van der Waals surface area (Å²) in [6.45, 7) is 3.97. The Morgan fingerprint density at radius 2 is 1.81 bits per heavy atom. The Morgan fingerprint density at radius 1 is 1.00 bits per heavy atom. The van der Waals surface area contributed by atoms with Crippen molar-refractivity contribution < 1.29 is 4.39 Å². The monoisotopic (exact) mass is 347 g/mol. The number of anilines is 2. The molecule has 6 heteroatoms. The molecular weight excluding hydrogens is 329 g/mol. The van der Waals surface area contributed by atoms with E-state index in [1.165, 1.54) is 17.7 Å². The lowest BCUT2D eigenvalue weighted by molar-refractivity contribution is 0.625. The molecule has 0 radical (unpaired) electrons. The first kappa shape index (κ1) is 16.2. The smallest absolute Gasteiger partial charge is 0.254 e. The highest BCUT2D eigenvalue weighted by molar-refractivity contribution is 5.59. The van der Waals surface area contributed by atoms with Crippen molar-refractivity contribution in [3.63, 3.8) is 0 Å². The summed E-state index contributed by atoms with van der Waals surface area (Å²) in [6.07, 6.45) is 0.449. The number of fused-ring (bicyclic) bond motifs is 1. The zero-order valence-electron chi connectivity index (χ0n) is 14.6. The summed E-state index contributed by atoms with van der Waals surface area (Å²) in [7, 11) is 0. The highest BCUT2D eigenvalue weighted by Crippen LogP contribution is 2.19. The minimum absolute atomic E-state index is 0.262. The van der Waals surface area contributed by atoms with Gasteiger partial charge in [-0.05, 0) is 43.7 Å². The molecule has 0 aliphatic heterocycles. The van der Waals surface area contributed by atoms with Crippen LogP contribution in [0.15, 0.2) is 54.6 Å². The molecule has 0 unspecified atom stereocenters. The van der Waals surface area contributed by atoms with E-state index in [0.29, 0.717) is 18.0 Å². The summed E-state index contributed by atoms with van der Waals surface area (Å²) in [5.74, 6) is 1.64. The number of benzene rings is 2. The van der Waals surface area contributed by atoms with Crippen LogP contribution in [-0.4, -0.2) is 19.6 Å². The summed E-state index contributed by atoms with van der Waals surface area (Å²) in [5, 5.41) is 7.91. The summed E-state index contributed by atoms with van der Waals surface area (Å²) in [5.41, 5.74) is 3.83. The lowest BCUT2D eigenvalue weighted by atomic mass is 10.1. The second-order valence-electron chi connectivity index (χ2n) is 6.32. The van der Waals surface area contributed by atoms with Crippen LogP contribution in [0.25, 0.3) is 5.78 Å². The minimum Gasteiger partial charge on any atom is -0.340 e. The predicted octanol–water partition coefficient (Wildman–Crippen LogP) is 4.21. The SMILES string of the molecule is Cc1ccc(Nc2cc(C)nc3nc(Cc4cccc(F)c4)nn23)cc1.